The number of carbonyl (C=O) groups excluding carboxylic acids is 1. The fourth-order valence-corrected chi connectivity index (χ4v) is 6.43. The molecule has 1 aliphatic carbocycles. The van der Waals surface area contributed by atoms with E-state index in [4.69, 9.17) is 4.74 Å². The molecule has 2 aromatic rings. The Kier molecular flexibility index (Phi) is 7.48. The van der Waals surface area contributed by atoms with Gasteiger partial charge in [0, 0.05) is 6.54 Å². The van der Waals surface area contributed by atoms with E-state index in [1.807, 2.05) is 12.1 Å². The molecule has 2 fully saturated rings. The standard InChI is InChI=1S/C25H32N2O4S/c28-25(24-12-7-18-27(24)32(29,30)23-10-5-2-6-11-23)26-17-19-31-22-15-13-21(14-16-22)20-8-3-1-4-9-20/h2,5-6,10-11,13-16,20,24H,1,3-4,7-9,12,17-19H2,(H,26,28). The van der Waals surface area contributed by atoms with Gasteiger partial charge in [0.05, 0.1) is 11.4 Å². The molecule has 0 aromatic heterocycles. The largest absolute Gasteiger partial charge is 0.492 e. The molecule has 0 bridgehead atoms. The van der Waals surface area contributed by atoms with E-state index in [0.717, 1.165) is 5.75 Å². The van der Waals surface area contributed by atoms with Crippen molar-refractivity contribution in [3.8, 4) is 5.75 Å². The molecule has 32 heavy (non-hydrogen) atoms. The maximum Gasteiger partial charge on any atom is 0.243 e. The predicted octanol–water partition coefficient (Wildman–Crippen LogP) is 4.08. The van der Waals surface area contributed by atoms with Gasteiger partial charge in [-0.1, -0.05) is 49.6 Å². The average molecular weight is 457 g/mol. The van der Waals surface area contributed by atoms with Crippen molar-refractivity contribution in [2.75, 3.05) is 19.7 Å². The second-order valence-electron chi connectivity index (χ2n) is 8.63. The van der Waals surface area contributed by atoms with Crippen LogP contribution in [-0.4, -0.2) is 44.4 Å². The van der Waals surface area contributed by atoms with Gasteiger partial charge in [-0.15, -0.1) is 0 Å². The first-order chi connectivity index (χ1) is 15.6. The number of rotatable bonds is 8. The summed E-state index contributed by atoms with van der Waals surface area (Å²) in [6.07, 6.45) is 7.71. The molecule has 172 valence electrons. The molecule has 1 amide bonds. The lowest BCUT2D eigenvalue weighted by Gasteiger charge is -2.23. The van der Waals surface area contributed by atoms with E-state index in [0.29, 0.717) is 38.5 Å². The van der Waals surface area contributed by atoms with Gasteiger partial charge in [0.2, 0.25) is 15.9 Å². The second kappa shape index (κ2) is 10.5. The summed E-state index contributed by atoms with van der Waals surface area (Å²) in [6.45, 7) is 1.03. The maximum atomic E-state index is 12.9. The first-order valence-corrected chi connectivity index (χ1v) is 13.1. The topological polar surface area (TPSA) is 75.7 Å². The van der Waals surface area contributed by atoms with E-state index in [1.54, 1.807) is 30.3 Å². The summed E-state index contributed by atoms with van der Waals surface area (Å²) in [5, 5.41) is 2.84. The molecule has 6 nitrogen and oxygen atoms in total. The van der Waals surface area contributed by atoms with Crippen molar-refractivity contribution in [3.05, 3.63) is 60.2 Å². The van der Waals surface area contributed by atoms with Crippen LogP contribution in [0.3, 0.4) is 0 Å². The Morgan fingerprint density at radius 3 is 2.38 bits per heavy atom. The summed E-state index contributed by atoms with van der Waals surface area (Å²) < 4.78 is 33.0. The summed E-state index contributed by atoms with van der Waals surface area (Å²) in [5.74, 6) is 1.19. The van der Waals surface area contributed by atoms with E-state index >= 15 is 0 Å². The molecule has 1 atom stereocenters. The Bertz CT molecular complexity index is 986. The lowest BCUT2D eigenvalue weighted by molar-refractivity contribution is -0.124. The van der Waals surface area contributed by atoms with Crippen LogP contribution in [0.4, 0.5) is 0 Å². The minimum Gasteiger partial charge on any atom is -0.492 e. The molecule has 1 unspecified atom stereocenters. The van der Waals surface area contributed by atoms with Crippen molar-refractivity contribution < 1.29 is 17.9 Å². The van der Waals surface area contributed by atoms with Crippen LogP contribution in [0.2, 0.25) is 0 Å². The fraction of sp³-hybridized carbons (Fsp3) is 0.480. The minimum atomic E-state index is -3.68. The Morgan fingerprint density at radius 1 is 0.938 bits per heavy atom. The Balaban J connectivity index is 1.25. The zero-order chi connectivity index (χ0) is 22.4. The first-order valence-electron chi connectivity index (χ1n) is 11.6. The van der Waals surface area contributed by atoms with Crippen LogP contribution < -0.4 is 10.1 Å². The van der Waals surface area contributed by atoms with Crippen LogP contribution in [0.1, 0.15) is 56.4 Å². The second-order valence-corrected chi connectivity index (χ2v) is 10.5. The van der Waals surface area contributed by atoms with Gasteiger partial charge in [-0.05, 0) is 61.4 Å². The van der Waals surface area contributed by atoms with Crippen LogP contribution in [-0.2, 0) is 14.8 Å². The number of ether oxygens (including phenoxy) is 1. The lowest BCUT2D eigenvalue weighted by atomic mass is 9.84. The monoisotopic (exact) mass is 456 g/mol. The number of amides is 1. The van der Waals surface area contributed by atoms with Gasteiger partial charge in [0.25, 0.3) is 0 Å². The highest BCUT2D eigenvalue weighted by Gasteiger charge is 2.39. The molecular formula is C25H32N2O4S. The summed E-state index contributed by atoms with van der Waals surface area (Å²) >= 11 is 0. The first kappa shape index (κ1) is 22.8. The third kappa shape index (κ3) is 5.33. The van der Waals surface area contributed by atoms with Gasteiger partial charge < -0.3 is 10.1 Å². The van der Waals surface area contributed by atoms with Crippen molar-refractivity contribution in [2.24, 2.45) is 0 Å². The maximum absolute atomic E-state index is 12.9. The lowest BCUT2D eigenvalue weighted by Crippen LogP contribution is -2.46. The zero-order valence-corrected chi connectivity index (χ0v) is 19.2. The van der Waals surface area contributed by atoms with E-state index < -0.39 is 16.1 Å². The van der Waals surface area contributed by atoms with Crippen LogP contribution in [0.15, 0.2) is 59.5 Å². The molecular weight excluding hydrogens is 424 g/mol. The van der Waals surface area contributed by atoms with E-state index in [-0.39, 0.29) is 10.8 Å². The molecule has 1 aliphatic heterocycles. The van der Waals surface area contributed by atoms with Gasteiger partial charge in [-0.25, -0.2) is 8.42 Å². The van der Waals surface area contributed by atoms with Gasteiger partial charge in [-0.2, -0.15) is 4.31 Å². The normalized spacial score (nSPS) is 20.2. The van der Waals surface area contributed by atoms with Crippen molar-refractivity contribution in [1.82, 2.24) is 9.62 Å². The SMILES string of the molecule is O=C(NCCOc1ccc(C2CCCCC2)cc1)C1CCCN1S(=O)(=O)c1ccccc1. The highest BCUT2D eigenvalue weighted by Crippen LogP contribution is 2.33. The van der Waals surface area contributed by atoms with Crippen molar-refractivity contribution in [3.63, 3.8) is 0 Å². The van der Waals surface area contributed by atoms with Gasteiger partial charge in [-0.3, -0.25) is 4.79 Å². The molecule has 1 saturated heterocycles. The highest BCUT2D eigenvalue weighted by atomic mass is 32.2. The molecule has 2 aromatic carbocycles. The van der Waals surface area contributed by atoms with Gasteiger partial charge >= 0.3 is 0 Å². The molecule has 0 radical (unpaired) electrons. The quantitative estimate of drug-likeness (QED) is 0.607. The third-order valence-electron chi connectivity index (χ3n) is 6.48. The Morgan fingerprint density at radius 2 is 1.66 bits per heavy atom. The summed E-state index contributed by atoms with van der Waals surface area (Å²) in [4.78, 5) is 12.9. The number of nitrogens with one attached hydrogen (secondary N) is 1. The smallest absolute Gasteiger partial charge is 0.243 e. The summed E-state index contributed by atoms with van der Waals surface area (Å²) in [7, 11) is -3.68. The number of carbonyl (C=O) groups is 1. The van der Waals surface area contributed by atoms with Crippen LogP contribution in [0.5, 0.6) is 5.75 Å². The highest BCUT2D eigenvalue weighted by molar-refractivity contribution is 7.89. The van der Waals surface area contributed by atoms with Crippen LogP contribution >= 0.6 is 0 Å². The number of sulfonamides is 1. The summed E-state index contributed by atoms with van der Waals surface area (Å²) in [5.41, 5.74) is 1.38. The summed E-state index contributed by atoms with van der Waals surface area (Å²) in [6, 6.07) is 15.9. The molecule has 1 heterocycles. The minimum absolute atomic E-state index is 0.222. The Hall–Kier alpha value is -2.38. The molecule has 0 spiro atoms. The van der Waals surface area contributed by atoms with Crippen molar-refractivity contribution >= 4 is 15.9 Å². The van der Waals surface area contributed by atoms with Crippen molar-refractivity contribution in [2.45, 2.75) is 61.8 Å². The van der Waals surface area contributed by atoms with Gasteiger partial charge in [0.1, 0.15) is 18.4 Å². The molecule has 1 N–H and O–H groups in total. The third-order valence-corrected chi connectivity index (χ3v) is 8.41. The van der Waals surface area contributed by atoms with E-state index in [9.17, 15) is 13.2 Å². The number of hydrogen-bond donors (Lipinski definition) is 1. The fourth-order valence-electron chi connectivity index (χ4n) is 4.75. The van der Waals surface area contributed by atoms with E-state index in [2.05, 4.69) is 17.4 Å². The Labute approximate surface area is 191 Å². The van der Waals surface area contributed by atoms with E-state index in [1.165, 1.54) is 42.0 Å². The number of benzene rings is 2. The van der Waals surface area contributed by atoms with Crippen LogP contribution in [0, 0.1) is 0 Å². The van der Waals surface area contributed by atoms with Crippen molar-refractivity contribution in [1.29, 1.82) is 0 Å². The molecule has 2 aliphatic rings. The molecule has 1 saturated carbocycles. The average Bonchev–Trinajstić information content (AvgIpc) is 3.34. The van der Waals surface area contributed by atoms with Crippen LogP contribution in [0.25, 0.3) is 0 Å². The number of hydrogen-bond acceptors (Lipinski definition) is 4. The van der Waals surface area contributed by atoms with Gasteiger partial charge in [0.15, 0.2) is 0 Å². The molecule has 7 heteroatoms. The zero-order valence-electron chi connectivity index (χ0n) is 18.4. The molecule has 4 rings (SSSR count). The number of nitrogens with zero attached hydrogens (tertiary/aromatic N) is 1. The predicted molar refractivity (Wildman–Crippen MR) is 124 cm³/mol.